The van der Waals surface area contributed by atoms with Crippen LogP contribution in [0.25, 0.3) is 0 Å². The molecule has 1 rings (SSSR count). The number of aliphatic carboxylic acids is 1. The van der Waals surface area contributed by atoms with Gasteiger partial charge in [-0.1, -0.05) is 0 Å². The molecule has 4 N–H and O–H groups in total. The Bertz CT molecular complexity index is 517. The van der Waals surface area contributed by atoms with E-state index in [1.165, 1.54) is 13.1 Å². The fourth-order valence-electron chi connectivity index (χ4n) is 2.03. The number of ether oxygens (including phenoxy) is 2. The zero-order valence-electron chi connectivity index (χ0n) is 14.5. The Hall–Kier alpha value is -1.08. The van der Waals surface area contributed by atoms with Crippen molar-refractivity contribution in [3.8, 4) is 0 Å². The van der Waals surface area contributed by atoms with Crippen LogP contribution in [0.4, 0.5) is 0 Å². The molecule has 0 aromatic heterocycles. The number of rotatable bonds is 8. The third-order valence-corrected chi connectivity index (χ3v) is 3.33. The van der Waals surface area contributed by atoms with Crippen LogP contribution in [0.5, 0.6) is 0 Å². The van der Waals surface area contributed by atoms with E-state index in [0.29, 0.717) is 19.3 Å². The maximum Gasteiger partial charge on any atom is 1.00 e. The second-order valence-corrected chi connectivity index (χ2v) is 5.43. The predicted octanol–water partition coefficient (Wildman–Crippen LogP) is -6.23. The molecule has 11 nitrogen and oxygen atoms in total. The summed E-state index contributed by atoms with van der Waals surface area (Å²) in [5.41, 5.74) is 2.22. The van der Waals surface area contributed by atoms with Crippen molar-refractivity contribution in [2.75, 3.05) is 0 Å². The largest absolute Gasteiger partial charge is 1.00 e. The molecular weight excluding hydrogens is 363 g/mol. The average molecular weight is 384 g/mol. The first-order valence-electron chi connectivity index (χ1n) is 7.62. The third kappa shape index (κ3) is 8.08. The topological polar surface area (TPSA) is 178 Å². The molecule has 0 saturated carbocycles. The predicted molar refractivity (Wildman–Crippen MR) is 78.6 cm³/mol. The first-order chi connectivity index (χ1) is 11.7. The smallest absolute Gasteiger partial charge is 0.547 e. The Labute approximate surface area is 171 Å². The summed E-state index contributed by atoms with van der Waals surface area (Å²) in [5, 5.41) is 43.2. The minimum Gasteiger partial charge on any atom is -0.547 e. The third-order valence-electron chi connectivity index (χ3n) is 3.33. The molecule has 1 fully saturated rings. The van der Waals surface area contributed by atoms with E-state index < -0.39 is 42.6 Å². The number of hydrogen-bond donors (Lipinski definition) is 4. The van der Waals surface area contributed by atoms with Gasteiger partial charge in [0.25, 0.3) is 0 Å². The molecule has 1 heterocycles. The molecular formula is C14H21N2NaO9. The van der Waals surface area contributed by atoms with Crippen molar-refractivity contribution in [2.24, 2.45) is 5.10 Å². The number of nitrogens with one attached hydrogen (secondary N) is 1. The minimum atomic E-state index is -1.93. The first-order valence-corrected chi connectivity index (χ1v) is 7.62. The van der Waals surface area contributed by atoms with Crippen molar-refractivity contribution in [3.05, 3.63) is 0 Å². The van der Waals surface area contributed by atoms with Crippen LogP contribution in [0.1, 0.15) is 32.6 Å². The molecule has 5 unspecified atom stereocenters. The van der Waals surface area contributed by atoms with Crippen molar-refractivity contribution >= 4 is 24.1 Å². The van der Waals surface area contributed by atoms with Gasteiger partial charge in [-0.15, -0.1) is 0 Å². The van der Waals surface area contributed by atoms with Gasteiger partial charge in [-0.25, -0.2) is 5.43 Å². The van der Waals surface area contributed by atoms with E-state index in [-0.39, 0.29) is 41.9 Å². The Balaban J connectivity index is 0.00000625. The fraction of sp³-hybridized carbons (Fsp3) is 0.714. The molecule has 0 aromatic carbocycles. The quantitative estimate of drug-likeness (QED) is 0.104. The Morgan fingerprint density at radius 2 is 1.85 bits per heavy atom. The van der Waals surface area contributed by atoms with E-state index in [1.54, 1.807) is 0 Å². The normalized spacial score (nSPS) is 28.2. The van der Waals surface area contributed by atoms with E-state index in [2.05, 4.69) is 10.5 Å². The van der Waals surface area contributed by atoms with Crippen LogP contribution in [0.15, 0.2) is 5.10 Å². The SMILES string of the molecule is CC(=O)N/N=C/CCCCC(=O)OC1OC(C(=O)[O-])C(O)C(O)C1O.[Na+]. The molecule has 1 saturated heterocycles. The summed E-state index contributed by atoms with van der Waals surface area (Å²) in [7, 11) is 0. The van der Waals surface area contributed by atoms with Crippen molar-refractivity contribution in [3.63, 3.8) is 0 Å². The van der Waals surface area contributed by atoms with Gasteiger partial charge in [0.2, 0.25) is 12.2 Å². The summed E-state index contributed by atoms with van der Waals surface area (Å²) < 4.78 is 9.57. The zero-order valence-corrected chi connectivity index (χ0v) is 16.5. The van der Waals surface area contributed by atoms with E-state index in [0.717, 1.165) is 0 Å². The molecule has 1 amide bonds. The van der Waals surface area contributed by atoms with Gasteiger partial charge in [0.05, 0.1) is 5.97 Å². The van der Waals surface area contributed by atoms with Crippen LogP contribution < -0.4 is 40.1 Å². The minimum absolute atomic E-state index is 0. The van der Waals surface area contributed by atoms with Gasteiger partial charge < -0.3 is 34.7 Å². The number of unbranched alkanes of at least 4 members (excludes halogenated alkanes) is 2. The molecule has 26 heavy (non-hydrogen) atoms. The molecule has 0 bridgehead atoms. The Morgan fingerprint density at radius 3 is 2.42 bits per heavy atom. The summed E-state index contributed by atoms with van der Waals surface area (Å²) in [6, 6.07) is 0. The number of nitrogens with zero attached hydrogens (tertiary/aromatic N) is 1. The van der Waals surface area contributed by atoms with Crippen LogP contribution in [-0.2, 0) is 23.9 Å². The second-order valence-electron chi connectivity index (χ2n) is 5.43. The first kappa shape index (κ1) is 24.9. The van der Waals surface area contributed by atoms with Crippen molar-refractivity contribution in [1.82, 2.24) is 5.43 Å². The summed E-state index contributed by atoms with van der Waals surface area (Å²) in [5.74, 6) is -2.88. The molecule has 0 aliphatic carbocycles. The number of hydrazone groups is 1. The summed E-state index contributed by atoms with van der Waals surface area (Å²) >= 11 is 0. The second kappa shape index (κ2) is 12.3. The van der Waals surface area contributed by atoms with Crippen LogP contribution in [-0.4, -0.2) is 70.1 Å². The van der Waals surface area contributed by atoms with Crippen LogP contribution in [0.2, 0.25) is 0 Å². The van der Waals surface area contributed by atoms with Crippen molar-refractivity contribution in [2.45, 2.75) is 63.3 Å². The van der Waals surface area contributed by atoms with Gasteiger partial charge in [-0.05, 0) is 19.3 Å². The number of amides is 1. The summed E-state index contributed by atoms with van der Waals surface area (Å²) in [4.78, 5) is 33.1. The molecule has 5 atom stereocenters. The van der Waals surface area contributed by atoms with Crippen LogP contribution in [0, 0.1) is 0 Å². The number of carbonyl (C=O) groups excluding carboxylic acids is 3. The molecule has 1 aliphatic rings. The fourth-order valence-corrected chi connectivity index (χ4v) is 2.03. The Morgan fingerprint density at radius 1 is 1.19 bits per heavy atom. The van der Waals surface area contributed by atoms with E-state index in [1.807, 2.05) is 0 Å². The number of esters is 1. The van der Waals surface area contributed by atoms with Gasteiger partial charge in [-0.3, -0.25) is 9.59 Å². The summed E-state index contributed by atoms with van der Waals surface area (Å²) in [6.45, 7) is 1.32. The molecule has 0 aromatic rings. The number of hydrogen-bond acceptors (Lipinski definition) is 10. The van der Waals surface area contributed by atoms with Crippen molar-refractivity contribution < 1.29 is 73.8 Å². The number of carboxylic acid groups (broad SMARTS) is 1. The molecule has 0 radical (unpaired) electrons. The molecule has 12 heteroatoms. The van der Waals surface area contributed by atoms with Gasteiger partial charge in [0.1, 0.15) is 24.4 Å². The average Bonchev–Trinajstić information content (AvgIpc) is 2.53. The summed E-state index contributed by atoms with van der Waals surface area (Å²) in [6.07, 6.45) is -6.31. The van der Waals surface area contributed by atoms with Gasteiger partial charge in [0.15, 0.2) is 0 Å². The van der Waals surface area contributed by atoms with Gasteiger partial charge >= 0.3 is 35.5 Å². The molecule has 142 valence electrons. The number of aliphatic hydroxyl groups excluding tert-OH is 3. The maximum absolute atomic E-state index is 11.7. The monoisotopic (exact) mass is 384 g/mol. The number of carboxylic acids is 1. The molecule has 0 spiro atoms. The standard InChI is InChI=1S/C14H22N2O9.Na/c1-7(17)16-15-6-4-2-3-5-8(18)24-14-11(21)9(19)10(20)12(25-14)13(22)23;/h6,9-12,14,19-21H,2-5H2,1H3,(H,16,17)(H,22,23);/q;+1/p-1/b15-6+;. The van der Waals surface area contributed by atoms with E-state index >= 15 is 0 Å². The van der Waals surface area contributed by atoms with Crippen molar-refractivity contribution in [1.29, 1.82) is 0 Å². The molecule has 1 aliphatic heterocycles. The van der Waals surface area contributed by atoms with Gasteiger partial charge in [0, 0.05) is 19.6 Å². The number of carbonyl (C=O) groups is 3. The Kier molecular flexibility index (Phi) is 11.8. The van der Waals surface area contributed by atoms with Crippen LogP contribution >= 0.6 is 0 Å². The zero-order chi connectivity index (χ0) is 19.0. The van der Waals surface area contributed by atoms with E-state index in [9.17, 15) is 34.8 Å². The van der Waals surface area contributed by atoms with Gasteiger partial charge in [-0.2, -0.15) is 5.10 Å². The maximum atomic E-state index is 11.7. The van der Waals surface area contributed by atoms with E-state index in [4.69, 9.17) is 9.47 Å². The van der Waals surface area contributed by atoms with Crippen LogP contribution in [0.3, 0.4) is 0 Å². The number of aliphatic hydroxyl groups is 3.